The van der Waals surface area contributed by atoms with Gasteiger partial charge in [0.1, 0.15) is 12.7 Å². The van der Waals surface area contributed by atoms with Crippen LogP contribution in [0.3, 0.4) is 0 Å². The van der Waals surface area contributed by atoms with E-state index < -0.39 is 12.1 Å². The van der Waals surface area contributed by atoms with Crippen molar-refractivity contribution in [1.29, 1.82) is 0 Å². The zero-order chi connectivity index (χ0) is 12.7. The van der Waals surface area contributed by atoms with Gasteiger partial charge in [-0.25, -0.2) is 9.59 Å². The number of hydrogen-bond donors (Lipinski definition) is 0. The first kappa shape index (κ1) is 13.5. The van der Waals surface area contributed by atoms with E-state index in [-0.39, 0.29) is 12.7 Å². The second kappa shape index (κ2) is 6.93. The molecule has 0 aromatic carbocycles. The summed E-state index contributed by atoms with van der Waals surface area (Å²) in [5.74, 6) is -0.508. The zero-order valence-corrected chi connectivity index (χ0v) is 10.2. The van der Waals surface area contributed by atoms with E-state index >= 15 is 0 Å². The average Bonchev–Trinajstić information content (AvgIpc) is 2.36. The van der Waals surface area contributed by atoms with E-state index in [1.807, 2.05) is 0 Å². The summed E-state index contributed by atoms with van der Waals surface area (Å²) in [4.78, 5) is 24.2. The van der Waals surface area contributed by atoms with Crippen LogP contribution < -0.4 is 0 Å². The molecule has 17 heavy (non-hydrogen) atoms. The molecule has 0 aromatic heterocycles. The summed E-state index contributed by atoms with van der Waals surface area (Å²) < 4.78 is 9.95. The molecule has 1 aliphatic heterocycles. The van der Waals surface area contributed by atoms with Gasteiger partial charge in [-0.1, -0.05) is 6.58 Å². The molecule has 0 bridgehead atoms. The van der Waals surface area contributed by atoms with Crippen molar-refractivity contribution in [3.05, 3.63) is 12.7 Å². The van der Waals surface area contributed by atoms with Gasteiger partial charge in [0.15, 0.2) is 0 Å². The molecular weight excluding hydrogens is 222 g/mol. The molecule has 1 amide bonds. The van der Waals surface area contributed by atoms with Crippen LogP contribution in [0.25, 0.3) is 0 Å². The van der Waals surface area contributed by atoms with Crippen LogP contribution in [0.2, 0.25) is 0 Å². The van der Waals surface area contributed by atoms with Crippen molar-refractivity contribution in [3.8, 4) is 0 Å². The Morgan fingerprint density at radius 1 is 1.35 bits per heavy atom. The van der Waals surface area contributed by atoms with E-state index in [1.54, 1.807) is 11.8 Å². The van der Waals surface area contributed by atoms with Crippen molar-refractivity contribution in [3.63, 3.8) is 0 Å². The molecule has 0 spiro atoms. The molecule has 0 radical (unpaired) electrons. The SMILES string of the molecule is C=CC(=O)OC(C)COC(=O)N1CCCCC1. The number of hydrogen-bond acceptors (Lipinski definition) is 4. The lowest BCUT2D eigenvalue weighted by Crippen LogP contribution is -2.37. The van der Waals surface area contributed by atoms with Gasteiger partial charge in [0, 0.05) is 19.2 Å². The molecule has 5 heteroatoms. The Kier molecular flexibility index (Phi) is 5.52. The van der Waals surface area contributed by atoms with Crippen molar-refractivity contribution in [1.82, 2.24) is 4.90 Å². The van der Waals surface area contributed by atoms with Gasteiger partial charge in [0.25, 0.3) is 0 Å². The lowest BCUT2D eigenvalue weighted by atomic mass is 10.1. The molecule has 0 N–H and O–H groups in total. The largest absolute Gasteiger partial charge is 0.456 e. The summed E-state index contributed by atoms with van der Waals surface area (Å²) in [5, 5.41) is 0. The first-order valence-corrected chi connectivity index (χ1v) is 5.88. The summed E-state index contributed by atoms with van der Waals surface area (Å²) in [6, 6.07) is 0. The number of carbonyl (C=O) groups is 2. The molecule has 1 rings (SSSR count). The van der Waals surface area contributed by atoms with Crippen LogP contribution in [0.15, 0.2) is 12.7 Å². The van der Waals surface area contributed by atoms with E-state index in [0.717, 1.165) is 38.4 Å². The molecule has 1 saturated heterocycles. The number of rotatable bonds is 4. The van der Waals surface area contributed by atoms with Gasteiger partial charge in [0.05, 0.1) is 0 Å². The molecule has 1 fully saturated rings. The van der Waals surface area contributed by atoms with Crippen LogP contribution in [-0.2, 0) is 14.3 Å². The summed E-state index contributed by atoms with van der Waals surface area (Å²) >= 11 is 0. The molecule has 0 saturated carbocycles. The maximum atomic E-state index is 11.6. The van der Waals surface area contributed by atoms with Gasteiger partial charge in [-0.05, 0) is 26.2 Å². The summed E-state index contributed by atoms with van der Waals surface area (Å²) in [5.41, 5.74) is 0. The molecule has 96 valence electrons. The fraction of sp³-hybridized carbons (Fsp3) is 0.667. The predicted molar refractivity (Wildman–Crippen MR) is 62.5 cm³/mol. The maximum absolute atomic E-state index is 11.6. The number of esters is 1. The molecular formula is C12H19NO4. The van der Waals surface area contributed by atoms with E-state index in [1.165, 1.54) is 0 Å². The Morgan fingerprint density at radius 3 is 2.59 bits per heavy atom. The minimum atomic E-state index is -0.508. The van der Waals surface area contributed by atoms with Crippen LogP contribution in [0.1, 0.15) is 26.2 Å². The quantitative estimate of drug-likeness (QED) is 0.555. The van der Waals surface area contributed by atoms with Crippen LogP contribution in [-0.4, -0.2) is 42.8 Å². The highest BCUT2D eigenvalue weighted by Gasteiger charge is 2.18. The topological polar surface area (TPSA) is 55.8 Å². The highest BCUT2D eigenvalue weighted by molar-refractivity contribution is 5.81. The van der Waals surface area contributed by atoms with Crippen LogP contribution in [0.5, 0.6) is 0 Å². The second-order valence-electron chi connectivity index (χ2n) is 4.08. The minimum absolute atomic E-state index is 0.0783. The Hall–Kier alpha value is -1.52. The lowest BCUT2D eigenvalue weighted by Gasteiger charge is -2.26. The van der Waals surface area contributed by atoms with Crippen LogP contribution in [0, 0.1) is 0 Å². The van der Waals surface area contributed by atoms with E-state index in [4.69, 9.17) is 9.47 Å². The molecule has 0 aliphatic carbocycles. The maximum Gasteiger partial charge on any atom is 0.409 e. The molecule has 5 nitrogen and oxygen atoms in total. The van der Waals surface area contributed by atoms with Gasteiger partial charge in [-0.2, -0.15) is 0 Å². The minimum Gasteiger partial charge on any atom is -0.456 e. The smallest absolute Gasteiger partial charge is 0.409 e. The van der Waals surface area contributed by atoms with E-state index in [9.17, 15) is 9.59 Å². The number of amides is 1. The Labute approximate surface area is 101 Å². The average molecular weight is 241 g/mol. The lowest BCUT2D eigenvalue weighted by molar-refractivity contribution is -0.144. The standard InChI is InChI=1S/C12H19NO4/c1-3-11(14)17-10(2)9-16-12(15)13-7-5-4-6-8-13/h3,10H,1,4-9H2,2H3. The van der Waals surface area contributed by atoms with Crippen molar-refractivity contribution in [2.45, 2.75) is 32.3 Å². The molecule has 1 aliphatic rings. The Morgan fingerprint density at radius 2 is 2.00 bits per heavy atom. The highest BCUT2D eigenvalue weighted by atomic mass is 16.6. The van der Waals surface area contributed by atoms with Crippen molar-refractivity contribution in [2.75, 3.05) is 19.7 Å². The molecule has 1 unspecified atom stereocenters. The summed E-state index contributed by atoms with van der Waals surface area (Å²) in [6.45, 7) is 6.54. The predicted octanol–water partition coefficient (Wildman–Crippen LogP) is 1.73. The summed E-state index contributed by atoms with van der Waals surface area (Å²) in [6.07, 6.45) is 3.52. The normalized spacial score (nSPS) is 17.1. The molecule has 1 atom stereocenters. The van der Waals surface area contributed by atoms with Gasteiger partial charge in [-0.15, -0.1) is 0 Å². The summed E-state index contributed by atoms with van der Waals surface area (Å²) in [7, 11) is 0. The number of piperidine rings is 1. The highest BCUT2D eigenvalue weighted by Crippen LogP contribution is 2.10. The number of carbonyl (C=O) groups excluding carboxylic acids is 2. The van der Waals surface area contributed by atoms with E-state index in [2.05, 4.69) is 6.58 Å². The first-order chi connectivity index (χ1) is 8.13. The van der Waals surface area contributed by atoms with Gasteiger partial charge < -0.3 is 14.4 Å². The fourth-order valence-electron chi connectivity index (χ4n) is 1.64. The number of nitrogens with zero attached hydrogens (tertiary/aromatic N) is 1. The van der Waals surface area contributed by atoms with E-state index in [0.29, 0.717) is 0 Å². The van der Waals surface area contributed by atoms with Gasteiger partial charge >= 0.3 is 12.1 Å². The number of ether oxygens (including phenoxy) is 2. The third-order valence-corrected chi connectivity index (χ3v) is 2.54. The monoisotopic (exact) mass is 241 g/mol. The van der Waals surface area contributed by atoms with Crippen molar-refractivity contribution < 1.29 is 19.1 Å². The zero-order valence-electron chi connectivity index (χ0n) is 10.2. The van der Waals surface area contributed by atoms with Crippen LogP contribution >= 0.6 is 0 Å². The van der Waals surface area contributed by atoms with Crippen molar-refractivity contribution >= 4 is 12.1 Å². The number of likely N-dealkylation sites (tertiary alicyclic amines) is 1. The fourth-order valence-corrected chi connectivity index (χ4v) is 1.64. The Bertz CT molecular complexity index is 284. The van der Waals surface area contributed by atoms with Crippen LogP contribution in [0.4, 0.5) is 4.79 Å². The van der Waals surface area contributed by atoms with Gasteiger partial charge in [0.2, 0.25) is 0 Å². The third kappa shape index (κ3) is 4.89. The second-order valence-corrected chi connectivity index (χ2v) is 4.08. The van der Waals surface area contributed by atoms with Crippen molar-refractivity contribution in [2.24, 2.45) is 0 Å². The Balaban J connectivity index is 2.22. The first-order valence-electron chi connectivity index (χ1n) is 5.88. The third-order valence-electron chi connectivity index (χ3n) is 2.54. The molecule has 1 heterocycles. The van der Waals surface area contributed by atoms with Gasteiger partial charge in [-0.3, -0.25) is 0 Å². The molecule has 0 aromatic rings.